The summed E-state index contributed by atoms with van der Waals surface area (Å²) in [5, 5.41) is 12.9. The number of aromatic nitrogens is 3. The smallest absolute Gasteiger partial charge is 0.329 e. The maximum absolute atomic E-state index is 12.2. The number of hydrogen-bond acceptors (Lipinski definition) is 5. The number of carbonyl (C=O) groups is 1. The molecule has 2 heterocycles. The predicted octanol–water partition coefficient (Wildman–Crippen LogP) is -0.241. The highest BCUT2D eigenvalue weighted by Crippen LogP contribution is 2.15. The van der Waals surface area contributed by atoms with E-state index in [9.17, 15) is 19.5 Å². The standard InChI is InChI=1S/C15H20N4O4/c1-8(2)15(3,23)7-17-12(20)9-5-10-11(16-6-9)19(4)14(22)18-13(10)21/h5-6,8,23H,7H2,1-4H3,(H,17,20)(H,18,21,22). The Morgan fingerprint density at radius 2 is 2.13 bits per heavy atom. The van der Waals surface area contributed by atoms with Crippen molar-refractivity contribution in [1.29, 1.82) is 0 Å². The Bertz CT molecular complexity index is 864. The largest absolute Gasteiger partial charge is 0.388 e. The number of rotatable bonds is 4. The second-order valence-corrected chi connectivity index (χ2v) is 6.11. The molecule has 0 saturated carbocycles. The van der Waals surface area contributed by atoms with Crippen LogP contribution in [0.2, 0.25) is 0 Å². The fourth-order valence-electron chi connectivity index (χ4n) is 1.93. The van der Waals surface area contributed by atoms with Crippen LogP contribution >= 0.6 is 0 Å². The zero-order chi connectivity index (χ0) is 17.4. The van der Waals surface area contributed by atoms with Crippen molar-refractivity contribution in [1.82, 2.24) is 19.9 Å². The summed E-state index contributed by atoms with van der Waals surface area (Å²) in [6.45, 7) is 5.41. The zero-order valence-electron chi connectivity index (χ0n) is 13.5. The molecule has 0 radical (unpaired) electrons. The normalized spacial score (nSPS) is 14.0. The van der Waals surface area contributed by atoms with E-state index in [1.165, 1.54) is 23.9 Å². The summed E-state index contributed by atoms with van der Waals surface area (Å²) in [5.74, 6) is -0.483. The Morgan fingerprint density at radius 3 is 2.74 bits per heavy atom. The number of hydrogen-bond donors (Lipinski definition) is 3. The van der Waals surface area contributed by atoms with Crippen LogP contribution < -0.4 is 16.6 Å². The zero-order valence-corrected chi connectivity index (χ0v) is 13.5. The molecule has 1 unspecified atom stereocenters. The van der Waals surface area contributed by atoms with Gasteiger partial charge in [-0.25, -0.2) is 9.78 Å². The lowest BCUT2D eigenvalue weighted by Crippen LogP contribution is -2.44. The highest BCUT2D eigenvalue weighted by Gasteiger charge is 2.25. The van der Waals surface area contributed by atoms with Crippen LogP contribution in [-0.4, -0.2) is 37.7 Å². The van der Waals surface area contributed by atoms with Gasteiger partial charge in [0.25, 0.3) is 11.5 Å². The maximum Gasteiger partial charge on any atom is 0.329 e. The van der Waals surface area contributed by atoms with Gasteiger partial charge in [0.1, 0.15) is 5.65 Å². The van der Waals surface area contributed by atoms with Crippen molar-refractivity contribution in [2.75, 3.05) is 6.54 Å². The van der Waals surface area contributed by atoms with Crippen LogP contribution in [0.1, 0.15) is 31.1 Å². The Balaban J connectivity index is 2.33. The third kappa shape index (κ3) is 3.31. The minimum Gasteiger partial charge on any atom is -0.388 e. The molecule has 23 heavy (non-hydrogen) atoms. The lowest BCUT2D eigenvalue weighted by atomic mass is 9.92. The molecule has 0 bridgehead atoms. The van der Waals surface area contributed by atoms with Gasteiger partial charge in [-0.3, -0.25) is 19.1 Å². The van der Waals surface area contributed by atoms with Crippen LogP contribution in [0.15, 0.2) is 21.9 Å². The molecule has 0 aromatic carbocycles. The summed E-state index contributed by atoms with van der Waals surface area (Å²) in [6, 6.07) is 1.38. The van der Waals surface area contributed by atoms with Crippen LogP contribution in [0, 0.1) is 5.92 Å². The van der Waals surface area contributed by atoms with Crippen LogP contribution in [0.25, 0.3) is 11.0 Å². The molecular weight excluding hydrogens is 300 g/mol. The fraction of sp³-hybridized carbons (Fsp3) is 0.467. The SMILES string of the molecule is CC(C)C(C)(O)CNC(=O)c1cnc2c(c1)c(=O)[nH]c(=O)n2C. The van der Waals surface area contributed by atoms with Crippen LogP contribution in [0.3, 0.4) is 0 Å². The number of nitrogens with zero attached hydrogens (tertiary/aromatic N) is 2. The van der Waals surface area contributed by atoms with Crippen molar-refractivity contribution in [3.63, 3.8) is 0 Å². The van der Waals surface area contributed by atoms with Crippen molar-refractivity contribution >= 4 is 16.9 Å². The lowest BCUT2D eigenvalue weighted by Gasteiger charge is -2.27. The molecule has 2 rings (SSSR count). The molecule has 0 saturated heterocycles. The Morgan fingerprint density at radius 1 is 1.48 bits per heavy atom. The second kappa shape index (κ2) is 5.96. The summed E-state index contributed by atoms with van der Waals surface area (Å²) in [4.78, 5) is 41.7. The van der Waals surface area contributed by atoms with E-state index in [2.05, 4.69) is 15.3 Å². The molecule has 0 aliphatic heterocycles. The van der Waals surface area contributed by atoms with Gasteiger partial charge >= 0.3 is 5.69 Å². The number of H-pyrrole nitrogens is 1. The quantitative estimate of drug-likeness (QED) is 0.718. The van der Waals surface area contributed by atoms with E-state index in [1.54, 1.807) is 6.92 Å². The van der Waals surface area contributed by atoms with E-state index in [0.717, 1.165) is 0 Å². The van der Waals surface area contributed by atoms with Gasteiger partial charge < -0.3 is 10.4 Å². The number of fused-ring (bicyclic) bond motifs is 1. The molecule has 2 aromatic rings. The molecule has 8 nitrogen and oxygen atoms in total. The van der Waals surface area contributed by atoms with Gasteiger partial charge in [-0.2, -0.15) is 0 Å². The molecule has 0 fully saturated rings. The second-order valence-electron chi connectivity index (χ2n) is 6.11. The monoisotopic (exact) mass is 320 g/mol. The summed E-state index contributed by atoms with van der Waals surface area (Å²) in [6.07, 6.45) is 1.29. The van der Waals surface area contributed by atoms with Crippen LogP contribution in [0.5, 0.6) is 0 Å². The lowest BCUT2D eigenvalue weighted by molar-refractivity contribution is 0.0142. The summed E-state index contributed by atoms with van der Waals surface area (Å²) in [5.41, 5.74) is -1.83. The van der Waals surface area contributed by atoms with Crippen LogP contribution in [-0.2, 0) is 7.05 Å². The highest BCUT2D eigenvalue weighted by atomic mass is 16.3. The van der Waals surface area contributed by atoms with Crippen molar-refractivity contribution < 1.29 is 9.90 Å². The number of amides is 1. The number of aryl methyl sites for hydroxylation is 1. The number of pyridine rings is 1. The molecule has 1 atom stereocenters. The van der Waals surface area contributed by atoms with Gasteiger partial charge in [0.15, 0.2) is 0 Å². The van der Waals surface area contributed by atoms with E-state index in [4.69, 9.17) is 0 Å². The van der Waals surface area contributed by atoms with E-state index in [-0.39, 0.29) is 29.1 Å². The maximum atomic E-state index is 12.2. The fourth-order valence-corrected chi connectivity index (χ4v) is 1.93. The van der Waals surface area contributed by atoms with Crippen molar-refractivity contribution in [3.8, 4) is 0 Å². The summed E-state index contributed by atoms with van der Waals surface area (Å²) < 4.78 is 1.20. The predicted molar refractivity (Wildman–Crippen MR) is 85.4 cm³/mol. The molecule has 1 amide bonds. The van der Waals surface area contributed by atoms with E-state index in [1.807, 2.05) is 13.8 Å². The number of carbonyl (C=O) groups excluding carboxylic acids is 1. The van der Waals surface area contributed by atoms with Gasteiger partial charge in [0, 0.05) is 19.8 Å². The molecule has 0 spiro atoms. The Hall–Kier alpha value is -2.48. The van der Waals surface area contributed by atoms with Crippen molar-refractivity contribution in [3.05, 3.63) is 38.7 Å². The molecule has 8 heteroatoms. The van der Waals surface area contributed by atoms with Crippen molar-refractivity contribution in [2.24, 2.45) is 13.0 Å². The van der Waals surface area contributed by atoms with Gasteiger partial charge in [-0.15, -0.1) is 0 Å². The summed E-state index contributed by atoms with van der Waals surface area (Å²) in [7, 11) is 1.48. The number of nitrogens with one attached hydrogen (secondary N) is 2. The minimum atomic E-state index is -1.04. The average Bonchev–Trinajstić information content (AvgIpc) is 2.49. The molecule has 124 valence electrons. The molecule has 0 aliphatic rings. The third-order valence-electron chi connectivity index (χ3n) is 4.07. The first-order chi connectivity index (χ1) is 10.6. The summed E-state index contributed by atoms with van der Waals surface area (Å²) >= 11 is 0. The van der Waals surface area contributed by atoms with E-state index < -0.39 is 22.8 Å². The van der Waals surface area contributed by atoms with Crippen LogP contribution in [0.4, 0.5) is 0 Å². The van der Waals surface area contributed by atoms with Gasteiger partial charge in [-0.05, 0) is 18.9 Å². The first kappa shape index (κ1) is 16.9. The Kier molecular flexibility index (Phi) is 4.37. The Labute approximate surface area is 132 Å². The number of aliphatic hydroxyl groups is 1. The molecule has 3 N–H and O–H groups in total. The highest BCUT2D eigenvalue weighted by molar-refractivity contribution is 5.96. The average molecular weight is 320 g/mol. The minimum absolute atomic E-state index is 0.0325. The first-order valence-corrected chi connectivity index (χ1v) is 7.23. The molecular formula is C15H20N4O4. The van der Waals surface area contributed by atoms with E-state index >= 15 is 0 Å². The van der Waals surface area contributed by atoms with Gasteiger partial charge in [0.05, 0.1) is 16.6 Å². The molecule has 0 aliphatic carbocycles. The van der Waals surface area contributed by atoms with Crippen molar-refractivity contribution in [2.45, 2.75) is 26.4 Å². The molecule has 2 aromatic heterocycles. The van der Waals surface area contributed by atoms with E-state index in [0.29, 0.717) is 0 Å². The topological polar surface area (TPSA) is 117 Å². The third-order valence-corrected chi connectivity index (χ3v) is 4.07. The first-order valence-electron chi connectivity index (χ1n) is 7.23. The van der Waals surface area contributed by atoms with Gasteiger partial charge in [0.2, 0.25) is 0 Å². The number of aromatic amines is 1. The van der Waals surface area contributed by atoms with Gasteiger partial charge in [-0.1, -0.05) is 13.8 Å².